The maximum absolute atomic E-state index is 14.1. The summed E-state index contributed by atoms with van der Waals surface area (Å²) in [5.74, 6) is -25.5. The number of hydrogen-bond donors (Lipinski definition) is 0. The molecule has 0 heterocycles. The molecule has 0 amide bonds. The van der Waals surface area contributed by atoms with Crippen molar-refractivity contribution >= 4 is 16.0 Å². The first-order valence-electron chi connectivity index (χ1n) is 8.35. The first-order chi connectivity index (χ1) is 13.8. The summed E-state index contributed by atoms with van der Waals surface area (Å²) in [6, 6.07) is 0. The number of carboxylic acids is 1. The Morgan fingerprint density at radius 2 is 1.25 bits per heavy atom. The lowest BCUT2D eigenvalue weighted by molar-refractivity contribution is -0.870. The molecule has 0 bridgehead atoms. The van der Waals surface area contributed by atoms with E-state index < -0.39 is 75.4 Å². The van der Waals surface area contributed by atoms with Gasteiger partial charge in [0.05, 0.1) is 27.7 Å². The Hall–Kier alpha value is -1.43. The van der Waals surface area contributed by atoms with Gasteiger partial charge in [-0.05, 0) is 0 Å². The van der Waals surface area contributed by atoms with E-state index in [2.05, 4.69) is 0 Å². The van der Waals surface area contributed by atoms with Gasteiger partial charge in [-0.2, -0.15) is 52.6 Å². The number of hydrogen-bond acceptors (Lipinski definition) is 4. The van der Waals surface area contributed by atoms with Crippen LogP contribution < -0.4 is 5.11 Å². The van der Waals surface area contributed by atoms with Crippen LogP contribution in [0.3, 0.4) is 0 Å². The highest BCUT2D eigenvalue weighted by Gasteiger charge is 2.89. The zero-order chi connectivity index (χ0) is 26.2. The van der Waals surface area contributed by atoms with Crippen LogP contribution in [-0.2, 0) is 14.8 Å². The van der Waals surface area contributed by atoms with Gasteiger partial charge in [0.15, 0.2) is 0 Å². The summed E-state index contributed by atoms with van der Waals surface area (Å²) >= 11 is 0. The summed E-state index contributed by atoms with van der Waals surface area (Å²) in [6.07, 6.45) is -9.29. The third-order valence-electron chi connectivity index (χ3n) is 3.98. The Kier molecular flexibility index (Phi) is 8.67. The van der Waals surface area contributed by atoms with E-state index in [-0.39, 0.29) is 11.0 Å². The second-order valence-corrected chi connectivity index (χ2v) is 9.61. The van der Waals surface area contributed by atoms with E-state index >= 15 is 0 Å². The second-order valence-electron chi connectivity index (χ2n) is 7.63. The summed E-state index contributed by atoms with van der Waals surface area (Å²) in [5.41, 5.74) is 0. The molecule has 18 heteroatoms. The summed E-state index contributed by atoms with van der Waals surface area (Å²) < 4.78 is 168. The van der Waals surface area contributed by atoms with Crippen molar-refractivity contribution in [2.45, 2.75) is 42.0 Å². The Morgan fingerprint density at radius 3 is 1.59 bits per heavy atom. The summed E-state index contributed by atoms with van der Waals surface area (Å²) in [7, 11) is -2.58. The first kappa shape index (κ1) is 30.6. The van der Waals surface area contributed by atoms with E-state index in [4.69, 9.17) is 0 Å². The molecule has 0 atom stereocenters. The van der Waals surface area contributed by atoms with Crippen molar-refractivity contribution in [2.24, 2.45) is 0 Å². The van der Waals surface area contributed by atoms with Crippen molar-refractivity contribution < 1.29 is 71.1 Å². The van der Waals surface area contributed by atoms with Crippen LogP contribution in [0.25, 0.3) is 0 Å². The average molecular weight is 520 g/mol. The zero-order valence-electron chi connectivity index (χ0n) is 16.6. The number of nitrogens with zero attached hydrogens (tertiary/aromatic N) is 2. The monoisotopic (exact) mass is 520 g/mol. The van der Waals surface area contributed by atoms with Gasteiger partial charge in [0.25, 0.3) is 10.0 Å². The Morgan fingerprint density at radius 1 is 0.812 bits per heavy atom. The highest BCUT2D eigenvalue weighted by Crippen LogP contribution is 2.58. The van der Waals surface area contributed by atoms with Gasteiger partial charge in [0.1, 0.15) is 0 Å². The third kappa shape index (κ3) is 5.73. The van der Waals surface area contributed by atoms with Crippen LogP contribution in [0.2, 0.25) is 0 Å². The number of quaternary nitrogens is 1. The molecule has 0 unspecified atom stereocenters. The third-order valence-corrected chi connectivity index (χ3v) is 5.93. The lowest BCUT2D eigenvalue weighted by Crippen LogP contribution is -2.69. The molecule has 0 saturated heterocycles. The molecule has 0 aliphatic rings. The van der Waals surface area contributed by atoms with E-state index in [0.29, 0.717) is 0 Å². The van der Waals surface area contributed by atoms with Gasteiger partial charge >= 0.3 is 29.2 Å². The molecule has 0 N–H and O–H groups in total. The van der Waals surface area contributed by atoms with E-state index in [9.17, 15) is 66.6 Å². The molecule has 0 aliphatic heterocycles. The smallest absolute Gasteiger partial charge is 0.460 e. The molecule has 0 radical (unpaired) electrons. The van der Waals surface area contributed by atoms with Gasteiger partial charge < -0.3 is 14.4 Å². The predicted octanol–water partition coefficient (Wildman–Crippen LogP) is 1.92. The predicted molar refractivity (Wildman–Crippen MR) is 83.5 cm³/mol. The molecule has 0 rings (SSSR count). The van der Waals surface area contributed by atoms with Crippen molar-refractivity contribution in [3.63, 3.8) is 0 Å². The Labute approximate surface area is 175 Å². The molecule has 0 fully saturated rings. The normalized spacial score (nSPS) is 15.3. The quantitative estimate of drug-likeness (QED) is 0.291. The Bertz CT molecular complexity index is 777. The fraction of sp³-hybridized carbons (Fsp3) is 0.929. The van der Waals surface area contributed by atoms with Gasteiger partial charge in [-0.1, -0.05) is 0 Å². The second kappa shape index (κ2) is 9.08. The topological polar surface area (TPSA) is 77.5 Å². The molecule has 6 nitrogen and oxygen atoms in total. The highest BCUT2D eigenvalue weighted by molar-refractivity contribution is 7.90. The fourth-order valence-electron chi connectivity index (χ4n) is 2.17. The molecule has 32 heavy (non-hydrogen) atoms. The van der Waals surface area contributed by atoms with Gasteiger partial charge in [-0.15, -0.1) is 0 Å². The number of carbonyl (C=O) groups is 1. The SMILES string of the molecule is C[N+](C)(C)CCCN(CCC(=O)[O-])S(=O)(=O)C(F)(F)C(F)(F)C(F)(F)C(F)(F)C(F)(F)F. The van der Waals surface area contributed by atoms with Gasteiger partial charge in [-0.3, -0.25) is 0 Å². The van der Waals surface area contributed by atoms with E-state index in [1.165, 1.54) is 21.1 Å². The summed E-state index contributed by atoms with van der Waals surface area (Å²) in [5, 5.41) is 3.30. The van der Waals surface area contributed by atoms with Gasteiger partial charge in [-0.25, -0.2) is 8.42 Å². The van der Waals surface area contributed by atoms with Crippen molar-refractivity contribution in [2.75, 3.05) is 40.8 Å². The molecular weight excluding hydrogens is 501 g/mol. The van der Waals surface area contributed by atoms with E-state index in [1.807, 2.05) is 0 Å². The molecular formula is C14H19F11N2O4S. The molecule has 0 spiro atoms. The van der Waals surface area contributed by atoms with Crippen molar-refractivity contribution in [3.8, 4) is 0 Å². The number of carbonyl (C=O) groups excluding carboxylic acids is 1. The lowest BCUT2D eigenvalue weighted by atomic mass is 10.0. The fourth-order valence-corrected chi connectivity index (χ4v) is 3.65. The maximum Gasteiger partial charge on any atom is 0.460 e. The van der Waals surface area contributed by atoms with Crippen LogP contribution in [-0.4, -0.2) is 93.2 Å². The minimum absolute atomic E-state index is 0.0385. The van der Waals surface area contributed by atoms with Crippen LogP contribution in [0, 0.1) is 0 Å². The summed E-state index contributed by atoms with van der Waals surface area (Å²) in [6.45, 7) is -2.76. The number of alkyl halides is 11. The molecule has 0 aliphatic carbocycles. The van der Waals surface area contributed by atoms with Gasteiger partial charge in [0.2, 0.25) is 0 Å². The highest BCUT2D eigenvalue weighted by atomic mass is 32.2. The number of carboxylic acid groups (broad SMARTS) is 1. The molecule has 192 valence electrons. The zero-order valence-corrected chi connectivity index (χ0v) is 17.4. The van der Waals surface area contributed by atoms with E-state index in [0.717, 1.165) is 0 Å². The number of halogens is 11. The van der Waals surface area contributed by atoms with Gasteiger partial charge in [0, 0.05) is 31.9 Å². The largest absolute Gasteiger partial charge is 0.550 e. The lowest BCUT2D eigenvalue weighted by Gasteiger charge is -2.38. The molecule has 0 saturated carbocycles. The van der Waals surface area contributed by atoms with Crippen LogP contribution in [0.15, 0.2) is 0 Å². The van der Waals surface area contributed by atoms with Crippen LogP contribution >= 0.6 is 0 Å². The van der Waals surface area contributed by atoms with E-state index in [1.54, 1.807) is 0 Å². The molecule has 0 aromatic carbocycles. The number of aliphatic carboxylic acids is 1. The van der Waals surface area contributed by atoms with Crippen LogP contribution in [0.5, 0.6) is 0 Å². The minimum atomic E-state index is -7.91. The maximum atomic E-state index is 14.1. The van der Waals surface area contributed by atoms with Crippen LogP contribution in [0.4, 0.5) is 48.3 Å². The Balaban J connectivity index is 6.38. The van der Waals surface area contributed by atoms with Crippen molar-refractivity contribution in [1.82, 2.24) is 4.31 Å². The van der Waals surface area contributed by atoms with Crippen molar-refractivity contribution in [1.29, 1.82) is 0 Å². The molecule has 0 aromatic heterocycles. The standard InChI is InChI=1S/C14H19F11N2O4S/c1-27(2,3)8-4-6-26(7-5-9(28)29)32(30,31)14(24,25)12(19,20)10(15,16)11(17,18)13(21,22)23/h4-8H2,1-3H3. The number of rotatable bonds is 12. The average Bonchev–Trinajstić information content (AvgIpc) is 2.54. The van der Waals surface area contributed by atoms with Crippen LogP contribution in [0.1, 0.15) is 12.8 Å². The number of sulfonamides is 1. The molecule has 0 aromatic rings. The van der Waals surface area contributed by atoms with Crippen molar-refractivity contribution in [3.05, 3.63) is 0 Å². The minimum Gasteiger partial charge on any atom is -0.550 e. The summed E-state index contributed by atoms with van der Waals surface area (Å²) in [4.78, 5) is 10.5. The first-order valence-corrected chi connectivity index (χ1v) is 9.79.